The van der Waals surface area contributed by atoms with Crippen LogP contribution in [0.2, 0.25) is 0 Å². The number of hydrogen-bond donors (Lipinski definition) is 1. The number of alkyl halides is 2. The summed E-state index contributed by atoms with van der Waals surface area (Å²) in [7, 11) is 0. The molecule has 0 atom stereocenters. The number of aliphatic hydroxyl groups excluding tert-OH is 1. The first kappa shape index (κ1) is 13.4. The number of aliphatic hydroxyl groups is 1. The second kappa shape index (κ2) is 6.85. The third-order valence-electron chi connectivity index (χ3n) is 1.90. The molecule has 0 aliphatic carbocycles. The maximum atomic E-state index is 12.1. The summed E-state index contributed by atoms with van der Waals surface area (Å²) in [4.78, 5) is 0. The molecule has 0 aliphatic heterocycles. The maximum absolute atomic E-state index is 12.1. The molecule has 0 unspecified atom stereocenters. The maximum Gasteiger partial charge on any atom is 0.387 e. The predicted molar refractivity (Wildman–Crippen MR) is 60.4 cm³/mol. The van der Waals surface area contributed by atoms with E-state index in [1.165, 1.54) is 6.07 Å². The van der Waals surface area contributed by atoms with Gasteiger partial charge in [-0.3, -0.25) is 0 Å². The minimum atomic E-state index is -2.88. The van der Waals surface area contributed by atoms with Crippen molar-refractivity contribution in [3.63, 3.8) is 0 Å². The Morgan fingerprint density at radius 1 is 1.35 bits per heavy atom. The number of halogens is 2. The Balaban J connectivity index is 2.94. The van der Waals surface area contributed by atoms with Crippen LogP contribution in [-0.4, -0.2) is 24.9 Å². The van der Waals surface area contributed by atoms with Gasteiger partial charge in [0.25, 0.3) is 0 Å². The Hall–Kier alpha value is -1.62. The highest BCUT2D eigenvalue weighted by Crippen LogP contribution is 2.30. The minimum absolute atomic E-state index is 0.00278. The Kier molecular flexibility index (Phi) is 5.42. The van der Waals surface area contributed by atoms with Crippen LogP contribution in [0.3, 0.4) is 0 Å². The van der Waals surface area contributed by atoms with Gasteiger partial charge in [0.15, 0.2) is 11.5 Å². The van der Waals surface area contributed by atoms with Crippen LogP contribution in [0.25, 0.3) is 6.08 Å². The van der Waals surface area contributed by atoms with E-state index >= 15 is 0 Å². The zero-order valence-electron chi connectivity index (χ0n) is 9.40. The van der Waals surface area contributed by atoms with Crippen molar-refractivity contribution in [3.05, 3.63) is 29.8 Å². The molecular weight excluding hydrogens is 230 g/mol. The van der Waals surface area contributed by atoms with E-state index in [-0.39, 0.29) is 18.1 Å². The molecule has 0 saturated carbocycles. The van der Waals surface area contributed by atoms with Gasteiger partial charge in [0.2, 0.25) is 0 Å². The predicted octanol–water partition coefficient (Wildman–Crippen LogP) is 2.69. The van der Waals surface area contributed by atoms with Crippen LogP contribution in [0.1, 0.15) is 12.5 Å². The highest BCUT2D eigenvalue weighted by Gasteiger charge is 2.10. The van der Waals surface area contributed by atoms with Gasteiger partial charge in [0, 0.05) is 0 Å². The standard InChI is InChI=1S/C12H14F2O3/c1-2-16-11-8-9(4-3-7-15)5-6-10(11)17-12(13)14/h3-6,8,12,15H,2,7H2,1H3. The average molecular weight is 244 g/mol. The second-order valence-electron chi connectivity index (χ2n) is 3.10. The van der Waals surface area contributed by atoms with Crippen molar-refractivity contribution in [1.82, 2.24) is 0 Å². The first-order valence-corrected chi connectivity index (χ1v) is 5.16. The highest BCUT2D eigenvalue weighted by atomic mass is 19.3. The minimum Gasteiger partial charge on any atom is -0.490 e. The van der Waals surface area contributed by atoms with Crippen LogP contribution in [0.15, 0.2) is 24.3 Å². The summed E-state index contributed by atoms with van der Waals surface area (Å²) in [6, 6.07) is 4.59. The molecule has 5 heteroatoms. The molecular formula is C12H14F2O3. The lowest BCUT2D eigenvalue weighted by Crippen LogP contribution is -2.04. The molecule has 0 radical (unpaired) electrons. The van der Waals surface area contributed by atoms with E-state index in [2.05, 4.69) is 4.74 Å². The average Bonchev–Trinajstić information content (AvgIpc) is 2.29. The third kappa shape index (κ3) is 4.40. The molecule has 3 nitrogen and oxygen atoms in total. The Labute approximate surface area is 98.3 Å². The molecule has 0 aliphatic rings. The van der Waals surface area contributed by atoms with Crippen molar-refractivity contribution in [2.75, 3.05) is 13.2 Å². The number of benzene rings is 1. The zero-order chi connectivity index (χ0) is 12.7. The van der Waals surface area contributed by atoms with E-state index < -0.39 is 6.61 Å². The molecule has 1 aromatic carbocycles. The Morgan fingerprint density at radius 3 is 2.71 bits per heavy atom. The smallest absolute Gasteiger partial charge is 0.387 e. The summed E-state index contributed by atoms with van der Waals surface area (Å²) < 4.78 is 33.8. The largest absolute Gasteiger partial charge is 0.490 e. The van der Waals surface area contributed by atoms with E-state index in [1.807, 2.05) is 0 Å². The molecule has 1 N–H and O–H groups in total. The van der Waals surface area contributed by atoms with E-state index in [9.17, 15) is 8.78 Å². The highest BCUT2D eigenvalue weighted by molar-refractivity contribution is 5.55. The molecule has 0 heterocycles. The summed E-state index contributed by atoms with van der Waals surface area (Å²) in [5.74, 6) is 0.260. The fourth-order valence-electron chi connectivity index (χ4n) is 1.28. The van der Waals surface area contributed by atoms with E-state index in [0.717, 1.165) is 5.56 Å². The van der Waals surface area contributed by atoms with Crippen molar-refractivity contribution in [1.29, 1.82) is 0 Å². The van der Waals surface area contributed by atoms with Crippen LogP contribution < -0.4 is 9.47 Å². The Bertz CT molecular complexity index is 378. The molecule has 0 saturated heterocycles. The van der Waals surface area contributed by atoms with Crippen LogP contribution >= 0.6 is 0 Å². The van der Waals surface area contributed by atoms with Crippen molar-refractivity contribution < 1.29 is 23.4 Å². The van der Waals surface area contributed by atoms with Crippen molar-refractivity contribution in [3.8, 4) is 11.5 Å². The fourth-order valence-corrected chi connectivity index (χ4v) is 1.28. The SMILES string of the molecule is CCOc1cc(C=CCO)ccc1OC(F)F. The van der Waals surface area contributed by atoms with Crippen LogP contribution in [0, 0.1) is 0 Å². The first-order valence-electron chi connectivity index (χ1n) is 5.16. The number of hydrogen-bond acceptors (Lipinski definition) is 3. The summed E-state index contributed by atoms with van der Waals surface area (Å²) in [6.45, 7) is -0.859. The van der Waals surface area contributed by atoms with Gasteiger partial charge in [-0.25, -0.2) is 0 Å². The summed E-state index contributed by atoms with van der Waals surface area (Å²) >= 11 is 0. The topological polar surface area (TPSA) is 38.7 Å². The third-order valence-corrected chi connectivity index (χ3v) is 1.90. The van der Waals surface area contributed by atoms with Crippen molar-refractivity contribution in [2.24, 2.45) is 0 Å². The van der Waals surface area contributed by atoms with Gasteiger partial charge in [-0.05, 0) is 24.6 Å². The van der Waals surface area contributed by atoms with Gasteiger partial charge in [-0.1, -0.05) is 18.2 Å². The quantitative estimate of drug-likeness (QED) is 0.836. The molecule has 94 valence electrons. The second-order valence-corrected chi connectivity index (χ2v) is 3.10. The van der Waals surface area contributed by atoms with Crippen LogP contribution in [0.4, 0.5) is 8.78 Å². The van der Waals surface area contributed by atoms with Gasteiger partial charge in [0.05, 0.1) is 13.2 Å². The summed E-state index contributed by atoms with van der Waals surface area (Å²) in [5, 5.41) is 8.63. The lowest BCUT2D eigenvalue weighted by atomic mass is 10.2. The fraction of sp³-hybridized carbons (Fsp3) is 0.333. The molecule has 1 rings (SSSR count). The number of ether oxygens (including phenoxy) is 2. The van der Waals surface area contributed by atoms with Gasteiger partial charge in [0.1, 0.15) is 0 Å². The zero-order valence-corrected chi connectivity index (χ0v) is 9.40. The van der Waals surface area contributed by atoms with Gasteiger partial charge in [-0.2, -0.15) is 8.78 Å². The first-order chi connectivity index (χ1) is 8.17. The van der Waals surface area contributed by atoms with Crippen LogP contribution in [0.5, 0.6) is 11.5 Å². The van der Waals surface area contributed by atoms with Crippen molar-refractivity contribution in [2.45, 2.75) is 13.5 Å². The van der Waals surface area contributed by atoms with Gasteiger partial charge in [-0.15, -0.1) is 0 Å². The monoisotopic (exact) mass is 244 g/mol. The molecule has 1 aromatic rings. The molecule has 17 heavy (non-hydrogen) atoms. The lowest BCUT2D eigenvalue weighted by Gasteiger charge is -2.11. The number of rotatable bonds is 6. The molecule has 0 bridgehead atoms. The van der Waals surface area contributed by atoms with Gasteiger partial charge >= 0.3 is 6.61 Å². The molecule has 0 fully saturated rings. The van der Waals surface area contributed by atoms with Crippen LogP contribution in [-0.2, 0) is 0 Å². The summed E-state index contributed by atoms with van der Waals surface area (Å²) in [6.07, 6.45) is 3.20. The van der Waals surface area contributed by atoms with Gasteiger partial charge < -0.3 is 14.6 Å². The molecule has 0 spiro atoms. The molecule has 0 aromatic heterocycles. The normalized spacial score (nSPS) is 11.1. The van der Waals surface area contributed by atoms with E-state index in [1.54, 1.807) is 31.2 Å². The summed E-state index contributed by atoms with van der Waals surface area (Å²) in [5.41, 5.74) is 0.740. The van der Waals surface area contributed by atoms with E-state index in [4.69, 9.17) is 9.84 Å². The molecule has 0 amide bonds. The Morgan fingerprint density at radius 2 is 2.12 bits per heavy atom. The van der Waals surface area contributed by atoms with Crippen molar-refractivity contribution >= 4 is 6.08 Å². The lowest BCUT2D eigenvalue weighted by molar-refractivity contribution is -0.0514. The van der Waals surface area contributed by atoms with E-state index in [0.29, 0.717) is 6.61 Å².